The van der Waals surface area contributed by atoms with Crippen LogP contribution in [0.1, 0.15) is 107 Å². The maximum Gasteiger partial charge on any atom is 0.407 e. The zero-order chi connectivity index (χ0) is 27.8. The van der Waals surface area contributed by atoms with E-state index in [1.807, 2.05) is 12.1 Å². The molecule has 0 radical (unpaired) electrons. The standard InChI is InChI=1S/C33H50N2O4/c1-2-3-27-38-32(36)34-25-17-9-7-5-4-6-8-10-18-26-35-33(37)39-28-19-24-31(29-20-13-11-14-21-29)30-22-15-12-16-23-30/h11-16,20-23,31H,2-10,17-19,24-28H2,1H3,(H,34,36)(H,35,37). The van der Waals surface area contributed by atoms with Crippen LogP contribution in [-0.2, 0) is 9.47 Å². The van der Waals surface area contributed by atoms with Crippen LogP contribution < -0.4 is 10.6 Å². The summed E-state index contributed by atoms with van der Waals surface area (Å²) in [6.07, 6.45) is 13.5. The fraction of sp³-hybridized carbons (Fsp3) is 0.576. The first-order chi connectivity index (χ1) is 19.2. The molecule has 0 atom stereocenters. The van der Waals surface area contributed by atoms with Crippen LogP contribution in [0.3, 0.4) is 0 Å². The number of rotatable bonds is 21. The molecule has 0 heterocycles. The summed E-state index contributed by atoms with van der Waals surface area (Å²) in [5, 5.41) is 5.70. The van der Waals surface area contributed by atoms with Gasteiger partial charge in [-0.25, -0.2) is 9.59 Å². The van der Waals surface area contributed by atoms with Gasteiger partial charge in [-0.3, -0.25) is 0 Å². The highest BCUT2D eigenvalue weighted by Gasteiger charge is 2.14. The van der Waals surface area contributed by atoms with Gasteiger partial charge in [0.2, 0.25) is 0 Å². The Kier molecular flexibility index (Phi) is 18.0. The van der Waals surface area contributed by atoms with Crippen molar-refractivity contribution in [2.45, 2.75) is 96.3 Å². The van der Waals surface area contributed by atoms with Gasteiger partial charge in [0.05, 0.1) is 13.2 Å². The summed E-state index contributed by atoms with van der Waals surface area (Å²) in [5.74, 6) is 0.307. The number of hydrogen-bond acceptors (Lipinski definition) is 4. The highest BCUT2D eigenvalue weighted by Crippen LogP contribution is 2.29. The van der Waals surface area contributed by atoms with Gasteiger partial charge in [-0.05, 0) is 43.2 Å². The van der Waals surface area contributed by atoms with Crippen LogP contribution in [-0.4, -0.2) is 38.5 Å². The molecule has 39 heavy (non-hydrogen) atoms. The Bertz CT molecular complexity index is 836. The van der Waals surface area contributed by atoms with Gasteiger partial charge in [0.1, 0.15) is 0 Å². The van der Waals surface area contributed by atoms with E-state index in [9.17, 15) is 9.59 Å². The molecule has 6 nitrogen and oxygen atoms in total. The molecule has 2 rings (SSSR count). The van der Waals surface area contributed by atoms with Crippen LogP contribution in [0.15, 0.2) is 60.7 Å². The summed E-state index contributed by atoms with van der Waals surface area (Å²) in [6.45, 7) is 4.38. The summed E-state index contributed by atoms with van der Waals surface area (Å²) < 4.78 is 10.5. The van der Waals surface area contributed by atoms with Gasteiger partial charge in [-0.15, -0.1) is 0 Å². The molecule has 0 saturated carbocycles. The lowest BCUT2D eigenvalue weighted by Gasteiger charge is -2.18. The lowest BCUT2D eigenvalue weighted by atomic mass is 9.88. The SMILES string of the molecule is CCCCOC(=O)NCCCCCCCCCCCNC(=O)OCCCC(c1ccccc1)c1ccccc1. The van der Waals surface area contributed by atoms with Crippen LogP contribution in [0, 0.1) is 0 Å². The monoisotopic (exact) mass is 538 g/mol. The average molecular weight is 539 g/mol. The van der Waals surface area contributed by atoms with Crippen molar-refractivity contribution in [2.75, 3.05) is 26.3 Å². The molecular formula is C33H50N2O4. The lowest BCUT2D eigenvalue weighted by molar-refractivity contribution is 0.143. The summed E-state index contributed by atoms with van der Waals surface area (Å²) in [7, 11) is 0. The van der Waals surface area contributed by atoms with Gasteiger partial charge in [-0.1, -0.05) is 119 Å². The lowest BCUT2D eigenvalue weighted by Crippen LogP contribution is -2.25. The molecule has 0 aliphatic rings. The van der Waals surface area contributed by atoms with Crippen molar-refractivity contribution in [3.8, 4) is 0 Å². The van der Waals surface area contributed by atoms with E-state index >= 15 is 0 Å². The predicted molar refractivity (Wildman–Crippen MR) is 159 cm³/mol. The molecular weight excluding hydrogens is 488 g/mol. The van der Waals surface area contributed by atoms with Gasteiger partial charge >= 0.3 is 12.2 Å². The minimum atomic E-state index is -0.310. The Morgan fingerprint density at radius 3 is 1.44 bits per heavy atom. The summed E-state index contributed by atoms with van der Waals surface area (Å²) >= 11 is 0. The highest BCUT2D eigenvalue weighted by molar-refractivity contribution is 5.67. The van der Waals surface area contributed by atoms with Gasteiger partial charge in [0, 0.05) is 19.0 Å². The maximum absolute atomic E-state index is 12.0. The third-order valence-corrected chi connectivity index (χ3v) is 6.90. The zero-order valence-electron chi connectivity index (χ0n) is 24.0. The molecule has 6 heteroatoms. The number of ether oxygens (including phenoxy) is 2. The summed E-state index contributed by atoms with van der Waals surface area (Å²) in [4.78, 5) is 23.5. The van der Waals surface area contributed by atoms with Gasteiger partial charge < -0.3 is 20.1 Å². The van der Waals surface area contributed by atoms with Crippen molar-refractivity contribution < 1.29 is 19.1 Å². The van der Waals surface area contributed by atoms with Crippen molar-refractivity contribution in [3.05, 3.63) is 71.8 Å². The van der Waals surface area contributed by atoms with E-state index in [0.29, 0.717) is 32.2 Å². The quantitative estimate of drug-likeness (QED) is 0.157. The van der Waals surface area contributed by atoms with Crippen molar-refractivity contribution in [3.63, 3.8) is 0 Å². The molecule has 0 aliphatic heterocycles. The second kappa shape index (κ2) is 21.9. The molecule has 0 aromatic heterocycles. The van der Waals surface area contributed by atoms with Crippen LogP contribution in [0.4, 0.5) is 9.59 Å². The number of amides is 2. The van der Waals surface area contributed by atoms with Crippen molar-refractivity contribution in [1.29, 1.82) is 0 Å². The molecule has 0 saturated heterocycles. The molecule has 2 N–H and O–H groups in total. The van der Waals surface area contributed by atoms with Gasteiger partial charge in [0.15, 0.2) is 0 Å². The molecule has 0 unspecified atom stereocenters. The predicted octanol–water partition coefficient (Wildman–Crippen LogP) is 8.36. The van der Waals surface area contributed by atoms with Crippen LogP contribution in [0.2, 0.25) is 0 Å². The number of hydrogen-bond donors (Lipinski definition) is 2. The Balaban J connectivity index is 1.40. The third kappa shape index (κ3) is 15.9. The topological polar surface area (TPSA) is 76.7 Å². The van der Waals surface area contributed by atoms with E-state index in [-0.39, 0.29) is 12.2 Å². The highest BCUT2D eigenvalue weighted by atomic mass is 16.6. The minimum Gasteiger partial charge on any atom is -0.450 e. The number of alkyl carbamates (subject to hydrolysis) is 2. The van der Waals surface area contributed by atoms with Gasteiger partial charge in [0.25, 0.3) is 0 Å². The van der Waals surface area contributed by atoms with E-state index in [1.54, 1.807) is 0 Å². The van der Waals surface area contributed by atoms with E-state index in [2.05, 4.69) is 66.1 Å². The minimum absolute atomic E-state index is 0.290. The smallest absolute Gasteiger partial charge is 0.407 e. The average Bonchev–Trinajstić information content (AvgIpc) is 2.96. The molecule has 0 bridgehead atoms. The molecule has 0 fully saturated rings. The maximum atomic E-state index is 12.0. The number of benzene rings is 2. The second-order valence-corrected chi connectivity index (χ2v) is 10.2. The van der Waals surface area contributed by atoms with Crippen molar-refractivity contribution in [1.82, 2.24) is 10.6 Å². The van der Waals surface area contributed by atoms with E-state index in [0.717, 1.165) is 51.4 Å². The number of nitrogens with one attached hydrogen (secondary N) is 2. The summed E-state index contributed by atoms with van der Waals surface area (Å²) in [5.41, 5.74) is 2.59. The Morgan fingerprint density at radius 2 is 1.00 bits per heavy atom. The van der Waals surface area contributed by atoms with Crippen molar-refractivity contribution in [2.24, 2.45) is 0 Å². The fourth-order valence-electron chi connectivity index (χ4n) is 4.63. The molecule has 2 amide bonds. The van der Waals surface area contributed by atoms with E-state index < -0.39 is 0 Å². The van der Waals surface area contributed by atoms with E-state index in [1.165, 1.54) is 43.2 Å². The number of unbranched alkanes of at least 4 members (excludes halogenated alkanes) is 9. The molecule has 0 aliphatic carbocycles. The zero-order valence-corrected chi connectivity index (χ0v) is 24.0. The van der Waals surface area contributed by atoms with E-state index in [4.69, 9.17) is 9.47 Å². The molecule has 216 valence electrons. The van der Waals surface area contributed by atoms with Crippen molar-refractivity contribution >= 4 is 12.2 Å². The van der Waals surface area contributed by atoms with Crippen LogP contribution >= 0.6 is 0 Å². The first kappa shape index (κ1) is 32.2. The largest absolute Gasteiger partial charge is 0.450 e. The van der Waals surface area contributed by atoms with Crippen LogP contribution in [0.25, 0.3) is 0 Å². The first-order valence-corrected chi connectivity index (χ1v) is 15.1. The second-order valence-electron chi connectivity index (χ2n) is 10.2. The third-order valence-electron chi connectivity index (χ3n) is 6.90. The molecule has 0 spiro atoms. The summed E-state index contributed by atoms with van der Waals surface area (Å²) in [6, 6.07) is 21.1. The fourth-order valence-corrected chi connectivity index (χ4v) is 4.63. The Hall–Kier alpha value is -3.02. The Morgan fingerprint density at radius 1 is 0.590 bits per heavy atom. The molecule has 2 aromatic carbocycles. The molecule has 2 aromatic rings. The van der Waals surface area contributed by atoms with Crippen LogP contribution in [0.5, 0.6) is 0 Å². The van der Waals surface area contributed by atoms with Gasteiger partial charge in [-0.2, -0.15) is 0 Å². The normalized spacial score (nSPS) is 10.8. The Labute approximate surface area is 236 Å². The number of carbonyl (C=O) groups is 2. The number of carbonyl (C=O) groups excluding carboxylic acids is 2. The first-order valence-electron chi connectivity index (χ1n) is 15.1.